The van der Waals surface area contributed by atoms with Crippen LogP contribution in [0.25, 0.3) is 0 Å². The van der Waals surface area contributed by atoms with E-state index in [4.69, 9.17) is 0 Å². The maximum Gasteiger partial charge on any atom is 2.00 e. The molecule has 0 fully saturated rings. The molecular formula is C63H65F6O2P5Ru+4. The number of carbonyl (C=O) groups is 1. The van der Waals surface area contributed by atoms with E-state index < -0.39 is 45.5 Å². The first-order valence-electron chi connectivity index (χ1n) is 24.9. The molecule has 0 spiro atoms. The maximum atomic E-state index is 10.1. The van der Waals surface area contributed by atoms with Crippen molar-refractivity contribution in [2.75, 3.05) is 24.6 Å². The van der Waals surface area contributed by atoms with Crippen molar-refractivity contribution in [2.45, 2.75) is 27.7 Å². The van der Waals surface area contributed by atoms with E-state index in [1.165, 1.54) is 80.3 Å². The van der Waals surface area contributed by atoms with Crippen molar-refractivity contribution in [3.8, 4) is 0 Å². The largest absolute Gasteiger partial charge is 2.00 e. The van der Waals surface area contributed by atoms with Crippen LogP contribution in [0.5, 0.6) is 0 Å². The van der Waals surface area contributed by atoms with Crippen molar-refractivity contribution < 1.29 is 54.6 Å². The molecule has 400 valence electrons. The van der Waals surface area contributed by atoms with E-state index in [-0.39, 0.29) is 25.0 Å². The van der Waals surface area contributed by atoms with E-state index in [9.17, 15) is 35.1 Å². The van der Waals surface area contributed by atoms with Crippen LogP contribution in [0, 0.1) is 27.7 Å². The number of rotatable bonds is 15. The summed E-state index contributed by atoms with van der Waals surface area (Å²) in [5, 5.41) is 22.4. The number of carboxylic acid groups (broad SMARTS) is 1. The van der Waals surface area contributed by atoms with Gasteiger partial charge in [-0.1, -0.05) is 176 Å². The Morgan fingerprint density at radius 2 is 0.494 bits per heavy atom. The van der Waals surface area contributed by atoms with Crippen molar-refractivity contribution >= 4 is 87.9 Å². The molecule has 0 heterocycles. The molecule has 0 aromatic heterocycles. The quantitative estimate of drug-likeness (QED) is 0.0583. The number of carbonyl (C=O) groups excluding carboxylic acids is 1. The first-order valence-corrected chi connectivity index (χ1v) is 33.8. The van der Waals surface area contributed by atoms with Gasteiger partial charge in [0.15, 0.2) is 0 Å². The van der Waals surface area contributed by atoms with Crippen LogP contribution in [0.1, 0.15) is 32.6 Å². The minimum Gasteiger partial charge on any atom is -0.545 e. The van der Waals surface area contributed by atoms with Gasteiger partial charge in [0.2, 0.25) is 0 Å². The van der Waals surface area contributed by atoms with Gasteiger partial charge in [0, 0.05) is 0 Å². The van der Waals surface area contributed by atoms with Crippen molar-refractivity contribution in [3.05, 3.63) is 277 Å². The van der Waals surface area contributed by atoms with Crippen molar-refractivity contribution in [2.24, 2.45) is 0 Å². The number of benzene rings is 9. The second kappa shape index (κ2) is 29.1. The second-order valence-corrected chi connectivity index (χ2v) is 30.5. The molecule has 14 heteroatoms. The predicted molar refractivity (Wildman–Crippen MR) is 325 cm³/mol. The van der Waals surface area contributed by atoms with E-state index in [2.05, 4.69) is 246 Å². The molecule has 0 aliphatic rings. The Balaban J connectivity index is 0.000000219. The van der Waals surface area contributed by atoms with Gasteiger partial charge in [-0.15, -0.1) is 0 Å². The topological polar surface area (TPSA) is 40.1 Å². The van der Waals surface area contributed by atoms with E-state index in [1.54, 1.807) is 39.4 Å². The van der Waals surface area contributed by atoms with Gasteiger partial charge in [-0.3, -0.25) is 0 Å². The normalized spacial score (nSPS) is 13.3. The Hall–Kier alpha value is -5.20. The van der Waals surface area contributed by atoms with Crippen LogP contribution in [0.4, 0.5) is 25.2 Å². The summed E-state index contributed by atoms with van der Waals surface area (Å²) < 4.78 is 59.2. The molecule has 0 aliphatic heterocycles. The molecule has 0 bridgehead atoms. The smallest absolute Gasteiger partial charge is 0.545 e. The third-order valence-corrected chi connectivity index (χ3v) is 25.6. The third-order valence-electron chi connectivity index (χ3n) is 12.6. The molecule has 0 saturated heterocycles. The monoisotopic (exact) mass is 1220 g/mol. The zero-order valence-electron chi connectivity index (χ0n) is 43.4. The predicted octanol–water partition coefficient (Wildman–Crippen LogP) is 14.1. The van der Waals surface area contributed by atoms with Crippen LogP contribution in [0.2, 0.25) is 0 Å². The average Bonchev–Trinajstić information content (AvgIpc) is 3.41. The van der Waals surface area contributed by atoms with Gasteiger partial charge in [-0.2, -0.15) is 0 Å². The zero-order chi connectivity index (χ0) is 54.6. The molecule has 0 amide bonds. The van der Waals surface area contributed by atoms with Crippen molar-refractivity contribution in [1.29, 1.82) is 0 Å². The minimum absolute atomic E-state index is 0. The van der Waals surface area contributed by atoms with Crippen LogP contribution in [0.15, 0.2) is 249 Å². The maximum absolute atomic E-state index is 10.7. The molecular weight excluding hydrogens is 1160 g/mol. The molecule has 4 unspecified atom stereocenters. The molecule has 9 aromatic rings. The van der Waals surface area contributed by atoms with E-state index in [0.29, 0.717) is 0 Å². The van der Waals surface area contributed by atoms with Gasteiger partial charge in [0.25, 0.3) is 0 Å². The molecule has 9 aromatic carbocycles. The van der Waals surface area contributed by atoms with Gasteiger partial charge in [-0.05, 0) is 128 Å². The molecule has 0 N–H and O–H groups in total. The molecule has 0 aliphatic carbocycles. The number of hydrogen-bond acceptors (Lipinski definition) is 2. The first kappa shape index (κ1) is 62.6. The van der Waals surface area contributed by atoms with Gasteiger partial charge < -0.3 is 9.90 Å². The first-order chi connectivity index (χ1) is 36.2. The van der Waals surface area contributed by atoms with Gasteiger partial charge in [0.05, 0.1) is 80.1 Å². The second-order valence-electron chi connectivity index (χ2n) is 18.2. The number of aromatic carboxylic acids is 1. The Morgan fingerprint density at radius 1 is 0.325 bits per heavy atom. The summed E-state index contributed by atoms with van der Waals surface area (Å²) >= 11 is 0. The van der Waals surface area contributed by atoms with Gasteiger partial charge in [-0.25, -0.2) is 0 Å². The molecule has 0 radical (unpaired) electrons. The average molecular weight is 1220 g/mol. The third kappa shape index (κ3) is 21.5. The summed E-state index contributed by atoms with van der Waals surface area (Å²) in [7, 11) is -14.0. The Kier molecular flexibility index (Phi) is 23.7. The molecule has 4 atom stereocenters. The summed E-state index contributed by atoms with van der Waals surface area (Å²) in [5.41, 5.74) is 5.94. The van der Waals surface area contributed by atoms with Gasteiger partial charge in [0.1, 0.15) is 24.6 Å². The van der Waals surface area contributed by atoms with Crippen molar-refractivity contribution in [1.82, 2.24) is 0 Å². The van der Waals surface area contributed by atoms with Gasteiger partial charge >= 0.3 is 52.5 Å². The summed E-state index contributed by atoms with van der Waals surface area (Å²) in [5.74, 6) is -1.13. The molecule has 0 saturated carbocycles. The Morgan fingerprint density at radius 3 is 0.662 bits per heavy atom. The van der Waals surface area contributed by atoms with E-state index in [1.807, 2.05) is 0 Å². The SMILES string of the molecule is Cc1ccccc1[PH+](CC[PH+](c1ccccc1)c1ccccc1C)c1ccccc1.Cc1ccccc1[PH+](CC[PH+](c1ccccc1)c1ccccc1C)c1ccccc1.F[P-](F)(F)(F)(F)F.O=C([O-])c1ccccc1.[Ru+2]. The van der Waals surface area contributed by atoms with Crippen LogP contribution in [-0.4, -0.2) is 30.6 Å². The number of aryl methyl sites for hydroxylation is 4. The molecule has 2 nitrogen and oxygen atoms in total. The van der Waals surface area contributed by atoms with Crippen molar-refractivity contribution in [3.63, 3.8) is 0 Å². The summed E-state index contributed by atoms with van der Waals surface area (Å²) in [6, 6.07) is 88.9. The molecule has 77 heavy (non-hydrogen) atoms. The fraction of sp³-hybridized carbons (Fsp3) is 0.127. The van der Waals surface area contributed by atoms with Crippen LogP contribution in [-0.2, 0) is 19.5 Å². The molecule has 9 rings (SSSR count). The summed E-state index contributed by atoms with van der Waals surface area (Å²) in [6.45, 7) is 9.08. The van der Waals surface area contributed by atoms with Crippen LogP contribution < -0.4 is 47.5 Å². The number of carboxylic acids is 1. The summed E-state index contributed by atoms with van der Waals surface area (Å²) in [6.07, 6.45) is 5.04. The van der Waals surface area contributed by atoms with Crippen LogP contribution in [0.3, 0.4) is 0 Å². The number of hydrogen-bond donors (Lipinski definition) is 0. The Labute approximate surface area is 468 Å². The van der Waals surface area contributed by atoms with E-state index >= 15 is 0 Å². The fourth-order valence-corrected chi connectivity index (χ4v) is 22.3. The summed E-state index contributed by atoms with van der Waals surface area (Å²) in [4.78, 5) is 10.1. The fourth-order valence-electron chi connectivity index (χ4n) is 9.02. The Bertz CT molecular complexity index is 2830. The van der Waals surface area contributed by atoms with E-state index in [0.717, 1.165) is 0 Å². The number of halogens is 6. The standard InChI is InChI=1S/2C28H28P2.C7H6O2.F6P.Ru/c2*1-23-13-9-11-19-27(23)29(25-15-5-3-6-16-25)21-22-30(26-17-7-4-8-18-26)28-20-12-10-14-24(28)2;8-7(9)6-4-2-1-3-5-6;1-7(2,3,4,5)6;/h2*3-20H,21-22H2,1-2H3;1-5H,(H,8,9);;/q;;;-1;+2/p+3. The minimum atomic E-state index is -10.7. The van der Waals surface area contributed by atoms with Crippen LogP contribution >= 0.6 is 39.5 Å². The zero-order valence-corrected chi connectivity index (χ0v) is 50.0.